The van der Waals surface area contributed by atoms with Crippen LogP contribution in [0.5, 0.6) is 0 Å². The van der Waals surface area contributed by atoms with Gasteiger partial charge in [0.25, 0.3) is 0 Å². The topological polar surface area (TPSA) is 18.5 Å². The fraction of sp³-hybridized carbons (Fsp3) is 0.889. The summed E-state index contributed by atoms with van der Waals surface area (Å²) in [5, 5.41) is 0. The molecule has 1 aliphatic rings. The third kappa shape index (κ3) is 1.94. The van der Waals surface area contributed by atoms with E-state index in [9.17, 15) is 0 Å². The van der Waals surface area contributed by atoms with Crippen LogP contribution in [0, 0.1) is 6.92 Å². The van der Waals surface area contributed by atoms with Crippen molar-refractivity contribution in [2.45, 2.75) is 51.6 Å². The van der Waals surface area contributed by atoms with Crippen LogP contribution in [0.15, 0.2) is 0 Å². The third-order valence-electron chi connectivity index (χ3n) is 2.16. The summed E-state index contributed by atoms with van der Waals surface area (Å²) < 4.78 is 11.3. The van der Waals surface area contributed by atoms with Crippen LogP contribution in [-0.4, -0.2) is 18.0 Å². The van der Waals surface area contributed by atoms with Gasteiger partial charge in [0.05, 0.1) is 12.2 Å². The Bertz CT molecular complexity index is 124. The fourth-order valence-corrected chi connectivity index (χ4v) is 1.44. The quantitative estimate of drug-likeness (QED) is 0.611. The highest BCUT2D eigenvalue weighted by molar-refractivity contribution is 4.78. The van der Waals surface area contributed by atoms with E-state index in [-0.39, 0.29) is 18.0 Å². The largest absolute Gasteiger partial charge is 0.345 e. The molecule has 2 atom stereocenters. The summed E-state index contributed by atoms with van der Waals surface area (Å²) in [5.74, 6) is -0.374. The molecule has 11 heavy (non-hydrogen) atoms. The average molecular weight is 157 g/mol. The van der Waals surface area contributed by atoms with Gasteiger partial charge in [0, 0.05) is 6.42 Å². The molecule has 1 rings (SSSR count). The zero-order chi connectivity index (χ0) is 8.48. The number of hydrogen-bond donors (Lipinski definition) is 0. The van der Waals surface area contributed by atoms with Crippen LogP contribution in [0.25, 0.3) is 0 Å². The summed E-state index contributed by atoms with van der Waals surface area (Å²) >= 11 is 0. The van der Waals surface area contributed by atoms with E-state index in [2.05, 4.69) is 6.92 Å². The first kappa shape index (κ1) is 9.01. The second-order valence-electron chi connectivity index (χ2n) is 3.38. The van der Waals surface area contributed by atoms with Crippen molar-refractivity contribution < 1.29 is 9.47 Å². The Hall–Kier alpha value is -0.0800. The van der Waals surface area contributed by atoms with Crippen molar-refractivity contribution in [1.29, 1.82) is 0 Å². The Morgan fingerprint density at radius 2 is 1.73 bits per heavy atom. The van der Waals surface area contributed by atoms with Gasteiger partial charge < -0.3 is 9.47 Å². The van der Waals surface area contributed by atoms with Crippen LogP contribution in [0.4, 0.5) is 0 Å². The summed E-state index contributed by atoms with van der Waals surface area (Å²) in [5.41, 5.74) is 0. The van der Waals surface area contributed by atoms with Gasteiger partial charge in [-0.05, 0) is 27.2 Å². The molecule has 0 aliphatic carbocycles. The van der Waals surface area contributed by atoms with Gasteiger partial charge in [-0.2, -0.15) is 0 Å². The fourth-order valence-electron chi connectivity index (χ4n) is 1.44. The van der Waals surface area contributed by atoms with E-state index in [4.69, 9.17) is 9.47 Å². The third-order valence-corrected chi connectivity index (χ3v) is 2.16. The predicted octanol–water partition coefficient (Wildman–Crippen LogP) is 2.14. The molecule has 65 valence electrons. The predicted molar refractivity (Wildman–Crippen MR) is 44.1 cm³/mol. The maximum absolute atomic E-state index is 5.64. The zero-order valence-corrected chi connectivity index (χ0v) is 7.59. The average Bonchev–Trinajstić information content (AvgIpc) is 2.08. The Balaban J connectivity index is 2.49. The minimum absolute atomic E-state index is 0.214. The van der Waals surface area contributed by atoms with E-state index in [1.54, 1.807) is 0 Å². The first-order valence-electron chi connectivity index (χ1n) is 4.22. The standard InChI is InChI=1S/C9H17O2/c1-5-6-9(4)10-7(2)8(3)11-9/h7-8H,1,5-6H2,2-4H3. The van der Waals surface area contributed by atoms with E-state index in [0.717, 1.165) is 12.8 Å². The lowest BCUT2D eigenvalue weighted by molar-refractivity contribution is -0.162. The molecule has 0 spiro atoms. The van der Waals surface area contributed by atoms with Gasteiger partial charge in [-0.25, -0.2) is 0 Å². The molecule has 0 saturated carbocycles. The van der Waals surface area contributed by atoms with Gasteiger partial charge >= 0.3 is 0 Å². The minimum atomic E-state index is -0.374. The molecule has 0 aromatic carbocycles. The summed E-state index contributed by atoms with van der Waals surface area (Å²) in [6, 6.07) is 0. The van der Waals surface area contributed by atoms with Crippen LogP contribution >= 0.6 is 0 Å². The Kier molecular flexibility index (Phi) is 2.55. The lowest BCUT2D eigenvalue weighted by atomic mass is 10.2. The van der Waals surface area contributed by atoms with E-state index < -0.39 is 0 Å². The van der Waals surface area contributed by atoms with Crippen molar-refractivity contribution in [3.63, 3.8) is 0 Å². The van der Waals surface area contributed by atoms with Crippen molar-refractivity contribution in [1.82, 2.24) is 0 Å². The maximum Gasteiger partial charge on any atom is 0.166 e. The van der Waals surface area contributed by atoms with Gasteiger partial charge in [0.1, 0.15) is 0 Å². The van der Waals surface area contributed by atoms with Crippen molar-refractivity contribution in [2.75, 3.05) is 0 Å². The number of hydrogen-bond acceptors (Lipinski definition) is 2. The summed E-state index contributed by atoms with van der Waals surface area (Å²) in [6.45, 7) is 9.85. The normalized spacial score (nSPS) is 44.7. The van der Waals surface area contributed by atoms with E-state index in [1.165, 1.54) is 0 Å². The lowest BCUT2D eigenvalue weighted by Crippen LogP contribution is -2.25. The monoisotopic (exact) mass is 157 g/mol. The van der Waals surface area contributed by atoms with Crippen LogP contribution in [0.1, 0.15) is 33.6 Å². The van der Waals surface area contributed by atoms with Gasteiger partial charge in [-0.15, -0.1) is 0 Å². The maximum atomic E-state index is 5.64. The van der Waals surface area contributed by atoms with Crippen molar-refractivity contribution in [3.05, 3.63) is 6.92 Å². The molecule has 1 aliphatic heterocycles. The molecule has 0 amide bonds. The molecule has 0 N–H and O–H groups in total. The second-order valence-corrected chi connectivity index (χ2v) is 3.38. The van der Waals surface area contributed by atoms with Crippen molar-refractivity contribution >= 4 is 0 Å². The van der Waals surface area contributed by atoms with Gasteiger partial charge in [0.15, 0.2) is 5.79 Å². The smallest absolute Gasteiger partial charge is 0.166 e. The Morgan fingerprint density at radius 3 is 2.09 bits per heavy atom. The Morgan fingerprint density at radius 1 is 1.27 bits per heavy atom. The van der Waals surface area contributed by atoms with E-state index in [0.29, 0.717) is 0 Å². The second kappa shape index (κ2) is 3.11. The number of ether oxygens (including phenoxy) is 2. The summed E-state index contributed by atoms with van der Waals surface area (Å²) in [4.78, 5) is 0. The van der Waals surface area contributed by atoms with Crippen LogP contribution < -0.4 is 0 Å². The van der Waals surface area contributed by atoms with E-state index in [1.807, 2.05) is 20.8 Å². The van der Waals surface area contributed by atoms with Gasteiger partial charge in [-0.3, -0.25) is 0 Å². The molecule has 0 aromatic heterocycles. The molecular formula is C9H17O2. The van der Waals surface area contributed by atoms with Gasteiger partial charge in [-0.1, -0.05) is 6.92 Å². The molecule has 0 aromatic rings. The number of rotatable bonds is 2. The van der Waals surface area contributed by atoms with Crippen molar-refractivity contribution in [3.8, 4) is 0 Å². The minimum Gasteiger partial charge on any atom is -0.345 e. The first-order valence-corrected chi connectivity index (χ1v) is 4.22. The molecule has 2 nitrogen and oxygen atoms in total. The molecular weight excluding hydrogens is 140 g/mol. The Labute approximate surface area is 68.9 Å². The molecule has 2 unspecified atom stereocenters. The highest BCUT2D eigenvalue weighted by Gasteiger charge is 2.38. The molecule has 2 heteroatoms. The van der Waals surface area contributed by atoms with Crippen LogP contribution in [0.2, 0.25) is 0 Å². The zero-order valence-electron chi connectivity index (χ0n) is 7.59. The summed E-state index contributed by atoms with van der Waals surface area (Å²) in [6.07, 6.45) is 2.16. The molecule has 1 fully saturated rings. The lowest BCUT2D eigenvalue weighted by Gasteiger charge is -2.21. The molecule has 1 heterocycles. The highest BCUT2D eigenvalue weighted by atomic mass is 16.7. The van der Waals surface area contributed by atoms with Crippen LogP contribution in [0.3, 0.4) is 0 Å². The van der Waals surface area contributed by atoms with Crippen LogP contribution in [-0.2, 0) is 9.47 Å². The first-order chi connectivity index (χ1) is 5.07. The SMILES string of the molecule is [CH2]CCC1(C)OC(C)C(C)O1. The summed E-state index contributed by atoms with van der Waals surface area (Å²) in [7, 11) is 0. The molecule has 1 saturated heterocycles. The van der Waals surface area contributed by atoms with Crippen molar-refractivity contribution in [2.24, 2.45) is 0 Å². The van der Waals surface area contributed by atoms with Gasteiger partial charge in [0.2, 0.25) is 0 Å². The molecule has 0 bridgehead atoms. The molecule has 1 radical (unpaired) electrons. The van der Waals surface area contributed by atoms with E-state index >= 15 is 0 Å². The highest BCUT2D eigenvalue weighted by Crippen LogP contribution is 2.31.